The second-order valence-corrected chi connectivity index (χ2v) is 4.02. The molecular weight excluding hydrogens is 152 g/mol. The highest BCUT2D eigenvalue weighted by Crippen LogP contribution is 2.33. The number of carbonyl (C=O) groups excluding carboxylic acids is 1. The highest BCUT2D eigenvalue weighted by Gasteiger charge is 2.36. The molecule has 0 saturated carbocycles. The monoisotopic (exact) mass is 170 g/mol. The van der Waals surface area contributed by atoms with Crippen molar-refractivity contribution in [3.63, 3.8) is 0 Å². The molecule has 0 aliphatic carbocycles. The van der Waals surface area contributed by atoms with Crippen molar-refractivity contribution in [1.29, 1.82) is 0 Å². The topological polar surface area (TPSA) is 26.3 Å². The molecule has 1 fully saturated rings. The number of ether oxygens (including phenoxy) is 1. The third-order valence-electron chi connectivity index (χ3n) is 3.42. The van der Waals surface area contributed by atoms with Crippen molar-refractivity contribution in [3.05, 3.63) is 0 Å². The Morgan fingerprint density at radius 3 is 2.08 bits per heavy atom. The Labute approximate surface area is 74.3 Å². The first kappa shape index (κ1) is 9.72. The molecule has 0 aromatic rings. The smallest absolute Gasteiger partial charge is 0.149 e. The Morgan fingerprint density at radius 1 is 1.00 bits per heavy atom. The molecule has 2 heteroatoms. The lowest BCUT2D eigenvalue weighted by Gasteiger charge is -2.40. The van der Waals surface area contributed by atoms with Crippen LogP contribution >= 0.6 is 0 Å². The molecule has 1 rings (SSSR count). The zero-order chi connectivity index (χ0) is 9.30. The fourth-order valence-electron chi connectivity index (χ4n) is 1.86. The lowest BCUT2D eigenvalue weighted by molar-refractivity contribution is -0.146. The van der Waals surface area contributed by atoms with Crippen molar-refractivity contribution in [2.45, 2.75) is 39.9 Å². The minimum Gasteiger partial charge on any atom is -0.367 e. The summed E-state index contributed by atoms with van der Waals surface area (Å²) in [5, 5.41) is 0. The van der Waals surface area contributed by atoms with Crippen LogP contribution in [0.4, 0.5) is 0 Å². The SMILES string of the molecule is C[C@@H]1[C@@H](C)[C@H](C)O[C@H](C=O)[C@H]1C. The van der Waals surface area contributed by atoms with E-state index in [1.165, 1.54) is 0 Å². The van der Waals surface area contributed by atoms with Crippen LogP contribution in [-0.2, 0) is 9.53 Å². The summed E-state index contributed by atoms with van der Waals surface area (Å²) in [6.45, 7) is 8.52. The van der Waals surface area contributed by atoms with E-state index in [1.54, 1.807) is 0 Å². The molecular formula is C10H18O2. The second kappa shape index (κ2) is 3.56. The zero-order valence-electron chi connectivity index (χ0n) is 8.28. The van der Waals surface area contributed by atoms with Crippen LogP contribution in [0.3, 0.4) is 0 Å². The lowest BCUT2D eigenvalue weighted by Crippen LogP contribution is -2.44. The van der Waals surface area contributed by atoms with Crippen molar-refractivity contribution >= 4 is 6.29 Å². The van der Waals surface area contributed by atoms with Gasteiger partial charge in [0.25, 0.3) is 0 Å². The largest absolute Gasteiger partial charge is 0.367 e. The molecule has 5 atom stereocenters. The summed E-state index contributed by atoms with van der Waals surface area (Å²) in [6, 6.07) is 0. The first-order valence-electron chi connectivity index (χ1n) is 4.68. The van der Waals surface area contributed by atoms with Gasteiger partial charge in [-0.2, -0.15) is 0 Å². The van der Waals surface area contributed by atoms with Gasteiger partial charge in [-0.05, 0) is 24.7 Å². The minimum absolute atomic E-state index is 0.189. The Kier molecular flexibility index (Phi) is 2.89. The van der Waals surface area contributed by atoms with Gasteiger partial charge in [0, 0.05) is 0 Å². The molecule has 0 radical (unpaired) electrons. The number of carbonyl (C=O) groups is 1. The maximum atomic E-state index is 10.6. The third-order valence-corrected chi connectivity index (χ3v) is 3.42. The van der Waals surface area contributed by atoms with E-state index in [1.807, 2.05) is 6.92 Å². The average Bonchev–Trinajstić information content (AvgIpc) is 2.08. The summed E-state index contributed by atoms with van der Waals surface area (Å²) >= 11 is 0. The lowest BCUT2D eigenvalue weighted by atomic mass is 9.77. The van der Waals surface area contributed by atoms with Gasteiger partial charge in [0.2, 0.25) is 0 Å². The first-order valence-corrected chi connectivity index (χ1v) is 4.68. The highest BCUT2D eigenvalue weighted by atomic mass is 16.5. The Bertz CT molecular complexity index is 167. The van der Waals surface area contributed by atoms with E-state index < -0.39 is 0 Å². The average molecular weight is 170 g/mol. The number of rotatable bonds is 1. The normalized spacial score (nSPS) is 48.8. The summed E-state index contributed by atoms with van der Waals surface area (Å²) in [7, 11) is 0. The first-order chi connectivity index (χ1) is 5.57. The van der Waals surface area contributed by atoms with Crippen molar-refractivity contribution in [2.75, 3.05) is 0 Å². The molecule has 0 bridgehead atoms. The molecule has 0 aromatic heterocycles. The Hall–Kier alpha value is -0.370. The van der Waals surface area contributed by atoms with Gasteiger partial charge in [0.15, 0.2) is 0 Å². The van der Waals surface area contributed by atoms with Crippen LogP contribution in [0.1, 0.15) is 27.7 Å². The minimum atomic E-state index is -0.189. The Morgan fingerprint density at radius 2 is 1.58 bits per heavy atom. The zero-order valence-corrected chi connectivity index (χ0v) is 8.28. The molecule has 1 saturated heterocycles. The maximum absolute atomic E-state index is 10.6. The molecule has 70 valence electrons. The predicted molar refractivity (Wildman–Crippen MR) is 47.9 cm³/mol. The van der Waals surface area contributed by atoms with Crippen LogP contribution in [-0.4, -0.2) is 18.5 Å². The van der Waals surface area contributed by atoms with E-state index in [0.29, 0.717) is 17.8 Å². The standard InChI is InChI=1S/C10H18O2/c1-6-7(2)9(4)12-10(5-11)8(6)3/h5-10H,1-4H3/t6-,7-,8+,9+,10-/m1/s1. The van der Waals surface area contributed by atoms with Crippen LogP contribution < -0.4 is 0 Å². The molecule has 0 unspecified atom stereocenters. The third kappa shape index (κ3) is 1.53. The van der Waals surface area contributed by atoms with Crippen LogP contribution in [0, 0.1) is 17.8 Å². The molecule has 0 aromatic carbocycles. The van der Waals surface area contributed by atoms with E-state index in [9.17, 15) is 4.79 Å². The van der Waals surface area contributed by atoms with Crippen molar-refractivity contribution < 1.29 is 9.53 Å². The van der Waals surface area contributed by atoms with Gasteiger partial charge in [-0.3, -0.25) is 0 Å². The van der Waals surface area contributed by atoms with E-state index in [2.05, 4.69) is 20.8 Å². The molecule has 12 heavy (non-hydrogen) atoms. The van der Waals surface area contributed by atoms with E-state index >= 15 is 0 Å². The predicted octanol–water partition coefficient (Wildman–Crippen LogP) is 1.88. The second-order valence-electron chi connectivity index (χ2n) is 4.02. The van der Waals surface area contributed by atoms with Crippen LogP contribution in [0.2, 0.25) is 0 Å². The fraction of sp³-hybridized carbons (Fsp3) is 0.900. The van der Waals surface area contributed by atoms with Gasteiger partial charge < -0.3 is 9.53 Å². The fourth-order valence-corrected chi connectivity index (χ4v) is 1.86. The van der Waals surface area contributed by atoms with Crippen molar-refractivity contribution in [3.8, 4) is 0 Å². The molecule has 2 nitrogen and oxygen atoms in total. The van der Waals surface area contributed by atoms with Gasteiger partial charge in [-0.25, -0.2) is 0 Å². The number of hydrogen-bond donors (Lipinski definition) is 0. The summed E-state index contributed by atoms with van der Waals surface area (Å²) in [6.07, 6.45) is 0.960. The van der Waals surface area contributed by atoms with Gasteiger partial charge in [-0.15, -0.1) is 0 Å². The van der Waals surface area contributed by atoms with Gasteiger partial charge in [-0.1, -0.05) is 20.8 Å². The molecule has 1 aliphatic heterocycles. The number of aldehydes is 1. The van der Waals surface area contributed by atoms with E-state index in [-0.39, 0.29) is 12.2 Å². The van der Waals surface area contributed by atoms with Gasteiger partial charge in [0.05, 0.1) is 6.10 Å². The number of hydrogen-bond acceptors (Lipinski definition) is 2. The molecule has 1 aliphatic rings. The van der Waals surface area contributed by atoms with Crippen LogP contribution in [0.15, 0.2) is 0 Å². The highest BCUT2D eigenvalue weighted by molar-refractivity contribution is 5.56. The van der Waals surface area contributed by atoms with Crippen molar-refractivity contribution in [2.24, 2.45) is 17.8 Å². The van der Waals surface area contributed by atoms with Gasteiger partial charge >= 0.3 is 0 Å². The van der Waals surface area contributed by atoms with Crippen LogP contribution in [0.25, 0.3) is 0 Å². The quantitative estimate of drug-likeness (QED) is 0.562. The van der Waals surface area contributed by atoms with Gasteiger partial charge in [0.1, 0.15) is 12.4 Å². The maximum Gasteiger partial charge on any atom is 0.149 e. The van der Waals surface area contributed by atoms with Crippen LogP contribution in [0.5, 0.6) is 0 Å². The van der Waals surface area contributed by atoms with Crippen molar-refractivity contribution in [1.82, 2.24) is 0 Å². The van der Waals surface area contributed by atoms with E-state index in [4.69, 9.17) is 4.74 Å². The Balaban J connectivity index is 2.70. The molecule has 0 spiro atoms. The summed E-state index contributed by atoms with van der Waals surface area (Å²) in [5.74, 6) is 1.48. The summed E-state index contributed by atoms with van der Waals surface area (Å²) in [4.78, 5) is 10.6. The summed E-state index contributed by atoms with van der Waals surface area (Å²) < 4.78 is 5.56. The van der Waals surface area contributed by atoms with E-state index in [0.717, 1.165) is 6.29 Å². The molecule has 1 heterocycles. The molecule has 0 N–H and O–H groups in total. The molecule has 0 amide bonds. The summed E-state index contributed by atoms with van der Waals surface area (Å²) in [5.41, 5.74) is 0.